The first-order chi connectivity index (χ1) is 25.8. The third kappa shape index (κ3) is 17.7. The summed E-state index contributed by atoms with van der Waals surface area (Å²) in [6.07, 6.45) is -1.38. The molecule has 55 heavy (non-hydrogen) atoms. The van der Waals surface area contributed by atoms with Crippen LogP contribution in [0.1, 0.15) is 65.4 Å². The number of aliphatic hydroxyl groups is 2. The Morgan fingerprint density at radius 3 is 1.75 bits per heavy atom. The van der Waals surface area contributed by atoms with Gasteiger partial charge >= 0.3 is 11.9 Å². The van der Waals surface area contributed by atoms with Crippen LogP contribution in [0.4, 0.5) is 0 Å². The molecule has 0 spiro atoms. The summed E-state index contributed by atoms with van der Waals surface area (Å²) < 4.78 is 0. The highest BCUT2D eigenvalue weighted by molar-refractivity contribution is 5.97. The fourth-order valence-corrected chi connectivity index (χ4v) is 5.14. The van der Waals surface area contributed by atoms with Gasteiger partial charge in [0.1, 0.15) is 36.3 Å². The van der Waals surface area contributed by atoms with Crippen molar-refractivity contribution >= 4 is 47.4 Å². The predicted octanol–water partition coefficient (Wildman–Crippen LogP) is -3.41. The molecule has 1 aromatic rings. The summed E-state index contributed by atoms with van der Waals surface area (Å²) in [4.78, 5) is 102. The van der Waals surface area contributed by atoms with Crippen molar-refractivity contribution in [3.63, 3.8) is 0 Å². The van der Waals surface area contributed by atoms with Gasteiger partial charge in [-0.1, -0.05) is 44.2 Å². The molecule has 0 saturated heterocycles. The van der Waals surface area contributed by atoms with Gasteiger partial charge in [0.15, 0.2) is 0 Å². The van der Waals surface area contributed by atoms with Gasteiger partial charge in [0, 0.05) is 6.42 Å². The van der Waals surface area contributed by atoms with Crippen molar-refractivity contribution in [3.8, 4) is 0 Å². The number of carbonyl (C=O) groups is 8. The highest BCUT2D eigenvalue weighted by Crippen LogP contribution is 2.10. The summed E-state index contributed by atoms with van der Waals surface area (Å²) >= 11 is 0. The van der Waals surface area contributed by atoms with Crippen LogP contribution in [0.15, 0.2) is 30.3 Å². The number of aliphatic hydroxyl groups excluding tert-OH is 2. The standard InChI is InChI=1S/C35H56N8O12/c1-18(2)14-24(32(51)38-19(3)29(48)42-26(17-44)35(54)55)40-31(50)23(12-8-9-13-36)39-33(52)25(15-21-10-6-5-7-11-21)41-34(53)28(20(4)45)43-30(49)22(37)16-27(46)47/h5-7,10-11,18-20,22-26,28,44-45H,8-9,12-17,36-37H2,1-4H3,(H,38,51)(H,39,52)(H,40,50)(H,41,53)(H,42,48)(H,43,49)(H,46,47)(H,54,55)/t19-,20+,22-,23-,24-,25-,26-,28-/m0/s1. The SMILES string of the molecule is CC(C)C[C@H](NC(=O)[C@H](CCCCN)NC(=O)[C@H](Cc1ccccc1)NC(=O)[C@@H](NC(=O)[C@@H](N)CC(=O)O)[C@@H](C)O)C(=O)N[C@@H](C)C(=O)N[C@@H](CO)C(=O)O. The minimum atomic E-state index is -1.65. The number of nitrogens with one attached hydrogen (secondary N) is 6. The smallest absolute Gasteiger partial charge is 0.328 e. The molecule has 0 heterocycles. The molecular weight excluding hydrogens is 724 g/mol. The fraction of sp³-hybridized carbons (Fsp3) is 0.600. The van der Waals surface area contributed by atoms with Crippen LogP contribution in [0.2, 0.25) is 0 Å². The molecule has 14 N–H and O–H groups in total. The molecule has 20 heteroatoms. The predicted molar refractivity (Wildman–Crippen MR) is 196 cm³/mol. The maximum Gasteiger partial charge on any atom is 0.328 e. The highest BCUT2D eigenvalue weighted by atomic mass is 16.4. The number of unbranched alkanes of at least 4 members (excludes halogenated alkanes) is 1. The maximum atomic E-state index is 13.9. The van der Waals surface area contributed by atoms with Crippen LogP contribution in [0, 0.1) is 5.92 Å². The molecule has 1 rings (SSSR count). The van der Waals surface area contributed by atoms with E-state index >= 15 is 0 Å². The molecule has 0 unspecified atom stereocenters. The molecule has 0 aromatic heterocycles. The minimum Gasteiger partial charge on any atom is -0.481 e. The van der Waals surface area contributed by atoms with Gasteiger partial charge in [-0.25, -0.2) is 4.79 Å². The topological polar surface area (TPSA) is 342 Å². The van der Waals surface area contributed by atoms with Crippen LogP contribution in [-0.4, -0.2) is 129 Å². The van der Waals surface area contributed by atoms with Crippen molar-refractivity contribution in [2.24, 2.45) is 17.4 Å². The Morgan fingerprint density at radius 1 is 0.673 bits per heavy atom. The Balaban J connectivity index is 3.34. The second-order valence-electron chi connectivity index (χ2n) is 13.5. The first kappa shape index (κ1) is 47.8. The molecule has 308 valence electrons. The summed E-state index contributed by atoms with van der Waals surface area (Å²) in [5.41, 5.74) is 11.9. The molecule has 0 fully saturated rings. The number of hydrogen-bond donors (Lipinski definition) is 12. The molecule has 6 amide bonds. The molecule has 0 saturated carbocycles. The average molecular weight is 781 g/mol. The molecule has 20 nitrogen and oxygen atoms in total. The van der Waals surface area contributed by atoms with Crippen LogP contribution in [0.3, 0.4) is 0 Å². The summed E-state index contributed by atoms with van der Waals surface area (Å²) in [5.74, 6) is -8.34. The zero-order chi connectivity index (χ0) is 41.8. The number of nitrogens with two attached hydrogens (primary N) is 2. The van der Waals surface area contributed by atoms with E-state index in [-0.39, 0.29) is 31.7 Å². The van der Waals surface area contributed by atoms with Gasteiger partial charge in [-0.15, -0.1) is 0 Å². The zero-order valence-electron chi connectivity index (χ0n) is 31.4. The van der Waals surface area contributed by atoms with Crippen molar-refractivity contribution < 1.29 is 58.8 Å². The summed E-state index contributed by atoms with van der Waals surface area (Å²) in [5, 5.41) is 52.1. The molecule has 1 aromatic carbocycles. The minimum absolute atomic E-state index is 0.0567. The first-order valence-electron chi connectivity index (χ1n) is 17.9. The number of carbonyl (C=O) groups excluding carboxylic acids is 6. The summed E-state index contributed by atoms with van der Waals surface area (Å²) in [7, 11) is 0. The van der Waals surface area contributed by atoms with E-state index in [2.05, 4.69) is 31.9 Å². The Morgan fingerprint density at radius 2 is 1.22 bits per heavy atom. The van der Waals surface area contributed by atoms with Crippen LogP contribution >= 0.6 is 0 Å². The van der Waals surface area contributed by atoms with E-state index in [1.54, 1.807) is 44.2 Å². The second-order valence-corrected chi connectivity index (χ2v) is 13.5. The van der Waals surface area contributed by atoms with E-state index in [4.69, 9.17) is 21.7 Å². The van der Waals surface area contributed by atoms with E-state index in [1.165, 1.54) is 13.8 Å². The monoisotopic (exact) mass is 780 g/mol. The Hall–Kier alpha value is -5.18. The van der Waals surface area contributed by atoms with E-state index in [9.17, 15) is 48.6 Å². The average Bonchev–Trinajstić information content (AvgIpc) is 3.10. The van der Waals surface area contributed by atoms with Crippen molar-refractivity contribution in [2.45, 2.75) is 115 Å². The van der Waals surface area contributed by atoms with Crippen molar-refractivity contribution in [1.82, 2.24) is 31.9 Å². The number of carboxylic acids is 2. The van der Waals surface area contributed by atoms with Crippen LogP contribution in [0.5, 0.6) is 0 Å². The first-order valence-corrected chi connectivity index (χ1v) is 17.9. The van der Waals surface area contributed by atoms with Crippen LogP contribution < -0.4 is 43.4 Å². The Kier molecular flexibility index (Phi) is 21.1. The molecule has 0 aliphatic heterocycles. The third-order valence-corrected chi connectivity index (χ3v) is 8.18. The van der Waals surface area contributed by atoms with Gasteiger partial charge < -0.3 is 63.8 Å². The normalized spacial score (nSPS) is 15.4. The van der Waals surface area contributed by atoms with Crippen LogP contribution in [-0.2, 0) is 44.8 Å². The lowest BCUT2D eigenvalue weighted by molar-refractivity contribution is -0.143. The van der Waals surface area contributed by atoms with Gasteiger partial charge in [-0.05, 0) is 57.6 Å². The number of rotatable bonds is 25. The van der Waals surface area contributed by atoms with E-state index in [0.29, 0.717) is 18.4 Å². The fourth-order valence-electron chi connectivity index (χ4n) is 5.14. The second kappa shape index (κ2) is 24.3. The quantitative estimate of drug-likeness (QED) is 0.0431. The van der Waals surface area contributed by atoms with E-state index in [1.807, 2.05) is 0 Å². The van der Waals surface area contributed by atoms with E-state index in [0.717, 1.165) is 0 Å². The molecule has 0 radical (unpaired) electrons. The molecular formula is C35H56N8O12. The van der Waals surface area contributed by atoms with Gasteiger partial charge in [0.25, 0.3) is 0 Å². The van der Waals surface area contributed by atoms with Gasteiger partial charge in [-0.2, -0.15) is 0 Å². The molecule has 0 aliphatic rings. The lowest BCUT2D eigenvalue weighted by Gasteiger charge is -2.28. The van der Waals surface area contributed by atoms with Crippen LogP contribution in [0.25, 0.3) is 0 Å². The molecule has 0 aliphatic carbocycles. The number of hydrogen-bond acceptors (Lipinski definition) is 12. The van der Waals surface area contributed by atoms with Gasteiger partial charge in [0.05, 0.1) is 25.2 Å². The van der Waals surface area contributed by atoms with Gasteiger partial charge in [0.2, 0.25) is 35.4 Å². The lowest BCUT2D eigenvalue weighted by Crippen LogP contribution is -2.61. The number of carboxylic acid groups (broad SMARTS) is 2. The van der Waals surface area contributed by atoms with Crippen molar-refractivity contribution in [3.05, 3.63) is 35.9 Å². The number of aliphatic carboxylic acids is 2. The highest BCUT2D eigenvalue weighted by Gasteiger charge is 2.34. The zero-order valence-corrected chi connectivity index (χ0v) is 31.4. The Bertz CT molecular complexity index is 1460. The maximum absolute atomic E-state index is 13.9. The van der Waals surface area contributed by atoms with Gasteiger partial charge in [-0.3, -0.25) is 33.6 Å². The lowest BCUT2D eigenvalue weighted by atomic mass is 10.0. The van der Waals surface area contributed by atoms with E-state index < -0.39 is 109 Å². The molecule has 8 atom stereocenters. The summed E-state index contributed by atoms with van der Waals surface area (Å²) in [6, 6.07) is -1.45. The Labute approximate surface area is 318 Å². The number of benzene rings is 1. The van der Waals surface area contributed by atoms with Crippen molar-refractivity contribution in [2.75, 3.05) is 13.2 Å². The summed E-state index contributed by atoms with van der Waals surface area (Å²) in [6.45, 7) is 5.42. The van der Waals surface area contributed by atoms with Crippen molar-refractivity contribution in [1.29, 1.82) is 0 Å². The largest absolute Gasteiger partial charge is 0.481 e. The molecule has 0 bridgehead atoms. The number of amides is 6. The third-order valence-electron chi connectivity index (χ3n) is 8.18.